The molecule has 2 atom stereocenters. The first-order valence-corrected chi connectivity index (χ1v) is 11.4. The van der Waals surface area contributed by atoms with Gasteiger partial charge in [0.05, 0.1) is 20.2 Å². The second-order valence-corrected chi connectivity index (χ2v) is 8.59. The van der Waals surface area contributed by atoms with Crippen LogP contribution in [0.4, 0.5) is 0 Å². The molecular formula is C21H32N6OS. The molecule has 7 nitrogen and oxygen atoms in total. The van der Waals surface area contributed by atoms with Crippen molar-refractivity contribution in [2.24, 2.45) is 12.0 Å². The van der Waals surface area contributed by atoms with Gasteiger partial charge in [0.2, 0.25) is 0 Å². The Morgan fingerprint density at radius 2 is 2.07 bits per heavy atom. The van der Waals surface area contributed by atoms with Gasteiger partial charge in [0.1, 0.15) is 11.6 Å². The molecule has 1 fully saturated rings. The van der Waals surface area contributed by atoms with E-state index in [4.69, 9.17) is 9.73 Å². The first-order chi connectivity index (χ1) is 14.1. The molecule has 1 aliphatic rings. The maximum Gasteiger partial charge on any atom is 0.192 e. The van der Waals surface area contributed by atoms with E-state index in [1.54, 1.807) is 7.11 Å². The molecule has 0 bridgehead atoms. The lowest BCUT2D eigenvalue weighted by Gasteiger charge is -2.30. The Morgan fingerprint density at radius 3 is 2.72 bits per heavy atom. The Bertz CT molecular complexity index is 804. The molecule has 0 saturated heterocycles. The smallest absolute Gasteiger partial charge is 0.192 e. The zero-order valence-electron chi connectivity index (χ0n) is 17.8. The minimum atomic E-state index is 0.449. The Morgan fingerprint density at radius 1 is 1.28 bits per heavy atom. The Hall–Kier alpha value is -2.22. The van der Waals surface area contributed by atoms with E-state index in [1.165, 1.54) is 25.7 Å². The number of aromatic nitrogens is 3. The van der Waals surface area contributed by atoms with Crippen LogP contribution in [0.2, 0.25) is 0 Å². The molecule has 1 aromatic carbocycles. The molecule has 0 aliphatic heterocycles. The number of methoxy groups -OCH3 is 1. The van der Waals surface area contributed by atoms with Gasteiger partial charge in [-0.05, 0) is 50.1 Å². The van der Waals surface area contributed by atoms with Gasteiger partial charge in [0.25, 0.3) is 0 Å². The van der Waals surface area contributed by atoms with Crippen LogP contribution in [0.5, 0.6) is 5.75 Å². The molecule has 3 rings (SSSR count). The number of benzene rings is 1. The molecule has 0 amide bonds. The van der Waals surface area contributed by atoms with Crippen molar-refractivity contribution in [2.75, 3.05) is 13.4 Å². The van der Waals surface area contributed by atoms with E-state index in [2.05, 4.69) is 39.2 Å². The number of hydrogen-bond donors (Lipinski definition) is 2. The summed E-state index contributed by atoms with van der Waals surface area (Å²) in [7, 11) is 3.66. The zero-order valence-corrected chi connectivity index (χ0v) is 18.6. The van der Waals surface area contributed by atoms with Gasteiger partial charge in [-0.25, -0.2) is 4.99 Å². The molecule has 0 spiro atoms. The molecule has 1 saturated carbocycles. The number of thioether (sulfide) groups is 1. The first-order valence-electron chi connectivity index (χ1n) is 10.1. The summed E-state index contributed by atoms with van der Waals surface area (Å²) in [5, 5.41) is 16.2. The van der Waals surface area contributed by atoms with Gasteiger partial charge in [-0.2, -0.15) is 11.8 Å². The average Bonchev–Trinajstić information content (AvgIpc) is 3.08. The fourth-order valence-corrected chi connectivity index (χ4v) is 4.33. The summed E-state index contributed by atoms with van der Waals surface area (Å²) in [4.78, 5) is 4.84. The van der Waals surface area contributed by atoms with Crippen molar-refractivity contribution in [1.82, 2.24) is 25.4 Å². The minimum absolute atomic E-state index is 0.449. The summed E-state index contributed by atoms with van der Waals surface area (Å²) in [6.45, 7) is 3.15. The van der Waals surface area contributed by atoms with E-state index in [9.17, 15) is 0 Å². The fourth-order valence-electron chi connectivity index (χ4n) is 3.51. The summed E-state index contributed by atoms with van der Waals surface area (Å²) in [6, 6.07) is 8.49. The monoisotopic (exact) mass is 416 g/mol. The number of aliphatic imine (C=N–C) groups is 1. The number of ether oxygens (including phenoxy) is 1. The van der Waals surface area contributed by atoms with E-state index in [-0.39, 0.29) is 0 Å². The molecule has 29 heavy (non-hydrogen) atoms. The molecule has 8 heteroatoms. The van der Waals surface area contributed by atoms with Crippen molar-refractivity contribution < 1.29 is 4.74 Å². The summed E-state index contributed by atoms with van der Waals surface area (Å²) in [5.74, 6) is 3.49. The van der Waals surface area contributed by atoms with Crippen LogP contribution >= 0.6 is 11.8 Å². The Balaban J connectivity index is 1.67. The zero-order chi connectivity index (χ0) is 20.6. The predicted octanol–water partition coefficient (Wildman–Crippen LogP) is 3.04. The van der Waals surface area contributed by atoms with Gasteiger partial charge in [0, 0.05) is 18.3 Å². The second-order valence-electron chi connectivity index (χ2n) is 7.45. The number of guanidine groups is 1. The maximum absolute atomic E-state index is 5.24. The number of nitrogens with one attached hydrogen (secondary N) is 2. The molecule has 1 heterocycles. The van der Waals surface area contributed by atoms with E-state index in [0.717, 1.165) is 34.2 Å². The molecule has 2 unspecified atom stereocenters. The molecule has 0 radical (unpaired) electrons. The van der Waals surface area contributed by atoms with Crippen molar-refractivity contribution in [3.63, 3.8) is 0 Å². The summed E-state index contributed by atoms with van der Waals surface area (Å²) in [6.07, 6.45) is 7.14. The third kappa shape index (κ3) is 6.13. The van der Waals surface area contributed by atoms with Crippen molar-refractivity contribution in [3.8, 4) is 5.75 Å². The quantitative estimate of drug-likeness (QED) is 0.534. The second kappa shape index (κ2) is 10.5. The topological polar surface area (TPSA) is 76.4 Å². The van der Waals surface area contributed by atoms with Crippen LogP contribution in [0.15, 0.2) is 29.3 Å². The van der Waals surface area contributed by atoms with Crippen molar-refractivity contribution in [3.05, 3.63) is 41.5 Å². The van der Waals surface area contributed by atoms with Crippen LogP contribution < -0.4 is 15.4 Å². The molecule has 2 N–H and O–H groups in total. The van der Waals surface area contributed by atoms with Gasteiger partial charge in [-0.3, -0.25) is 0 Å². The van der Waals surface area contributed by atoms with Crippen molar-refractivity contribution >= 4 is 17.7 Å². The van der Waals surface area contributed by atoms with E-state index in [0.29, 0.717) is 19.1 Å². The Kier molecular flexibility index (Phi) is 7.80. The van der Waals surface area contributed by atoms with Crippen LogP contribution in [0.1, 0.15) is 42.9 Å². The highest BCUT2D eigenvalue weighted by Crippen LogP contribution is 2.26. The predicted molar refractivity (Wildman–Crippen MR) is 119 cm³/mol. The lowest BCUT2D eigenvalue weighted by Crippen LogP contribution is -2.45. The molecule has 2 aromatic rings. The lowest BCUT2D eigenvalue weighted by molar-refractivity contribution is 0.414. The molecule has 158 valence electrons. The van der Waals surface area contributed by atoms with Gasteiger partial charge in [-0.15, -0.1) is 10.2 Å². The van der Waals surface area contributed by atoms with Crippen molar-refractivity contribution in [1.29, 1.82) is 0 Å². The van der Waals surface area contributed by atoms with Gasteiger partial charge < -0.3 is 19.9 Å². The van der Waals surface area contributed by atoms with Crippen LogP contribution in [0.3, 0.4) is 0 Å². The van der Waals surface area contributed by atoms with Crippen LogP contribution in [-0.4, -0.2) is 45.4 Å². The first kappa shape index (κ1) is 21.5. The highest BCUT2D eigenvalue weighted by molar-refractivity contribution is 7.99. The average molecular weight is 417 g/mol. The Labute approximate surface area is 177 Å². The van der Waals surface area contributed by atoms with Gasteiger partial charge in [-0.1, -0.05) is 18.6 Å². The van der Waals surface area contributed by atoms with Crippen LogP contribution in [0.25, 0.3) is 0 Å². The fraction of sp³-hybridized carbons (Fsp3) is 0.571. The minimum Gasteiger partial charge on any atom is -0.497 e. The largest absolute Gasteiger partial charge is 0.497 e. The maximum atomic E-state index is 5.24. The standard InChI is InChI=1S/C21H32N6OS/c1-15-25-26-20(27(15)2)14-23-21(24-17-6-5-7-19(12-17)29-4)22-13-16-8-10-18(28-3)11-9-16/h8-11,17,19H,5-7,12-14H2,1-4H3,(H2,22,23,24). The highest BCUT2D eigenvalue weighted by Gasteiger charge is 2.22. The van der Waals surface area contributed by atoms with E-state index in [1.807, 2.05) is 42.4 Å². The van der Waals surface area contributed by atoms with E-state index >= 15 is 0 Å². The normalized spacial score (nSPS) is 19.8. The summed E-state index contributed by atoms with van der Waals surface area (Å²) < 4.78 is 7.24. The molecule has 1 aromatic heterocycles. The van der Waals surface area contributed by atoms with E-state index < -0.39 is 0 Å². The SMILES string of the molecule is COc1ccc(CN=C(NCc2nnc(C)n2C)NC2CCCC(SC)C2)cc1. The van der Waals surface area contributed by atoms with Crippen LogP contribution in [0, 0.1) is 6.92 Å². The van der Waals surface area contributed by atoms with Gasteiger partial charge in [0.15, 0.2) is 11.8 Å². The van der Waals surface area contributed by atoms with Gasteiger partial charge >= 0.3 is 0 Å². The number of hydrogen-bond acceptors (Lipinski definition) is 5. The third-order valence-corrected chi connectivity index (χ3v) is 6.57. The third-order valence-electron chi connectivity index (χ3n) is 5.48. The summed E-state index contributed by atoms with van der Waals surface area (Å²) in [5.41, 5.74) is 1.15. The number of nitrogens with zero attached hydrogens (tertiary/aromatic N) is 4. The molecular weight excluding hydrogens is 384 g/mol. The lowest BCUT2D eigenvalue weighted by atomic mass is 9.95. The highest BCUT2D eigenvalue weighted by atomic mass is 32.2. The molecule has 1 aliphatic carbocycles. The summed E-state index contributed by atoms with van der Waals surface area (Å²) >= 11 is 1.97. The van der Waals surface area contributed by atoms with Crippen molar-refractivity contribution in [2.45, 2.75) is 57.0 Å². The number of rotatable bonds is 7. The van der Waals surface area contributed by atoms with Crippen LogP contribution in [-0.2, 0) is 20.1 Å². The number of aryl methyl sites for hydroxylation is 1.